The molecule has 3 rings (SSSR count). The maximum Gasteiger partial charge on any atom is 0.323 e. The Bertz CT molecular complexity index is 682. The Morgan fingerprint density at radius 1 is 1.19 bits per heavy atom. The SMILES string of the molecule is Cc1ccc(CNC(=O)N2C(=N)CN(C)CC2C(=O)N2CCCC2)cc1. The molecule has 0 bridgehead atoms. The number of benzene rings is 1. The molecule has 1 unspecified atom stereocenters. The maximum atomic E-state index is 12.9. The van der Waals surface area contributed by atoms with E-state index in [4.69, 9.17) is 5.41 Å². The van der Waals surface area contributed by atoms with Gasteiger partial charge in [0.15, 0.2) is 0 Å². The highest BCUT2D eigenvalue weighted by atomic mass is 16.2. The minimum Gasteiger partial charge on any atom is -0.341 e. The second-order valence-corrected chi connectivity index (χ2v) is 7.21. The Morgan fingerprint density at radius 3 is 2.50 bits per heavy atom. The largest absolute Gasteiger partial charge is 0.341 e. The number of piperazine rings is 1. The van der Waals surface area contributed by atoms with E-state index < -0.39 is 6.04 Å². The van der Waals surface area contributed by atoms with Gasteiger partial charge in [0.25, 0.3) is 0 Å². The molecule has 2 aliphatic heterocycles. The van der Waals surface area contributed by atoms with E-state index in [9.17, 15) is 9.59 Å². The molecule has 2 saturated heterocycles. The Kier molecular flexibility index (Phi) is 5.56. The van der Waals surface area contributed by atoms with E-state index in [1.54, 1.807) is 0 Å². The second-order valence-electron chi connectivity index (χ2n) is 7.21. The fraction of sp³-hybridized carbons (Fsp3) is 0.526. The molecule has 2 aliphatic rings. The number of urea groups is 1. The summed E-state index contributed by atoms with van der Waals surface area (Å²) >= 11 is 0. The lowest BCUT2D eigenvalue weighted by atomic mass is 10.1. The van der Waals surface area contributed by atoms with Gasteiger partial charge >= 0.3 is 6.03 Å². The zero-order valence-corrected chi connectivity index (χ0v) is 15.5. The third kappa shape index (κ3) is 4.04. The average molecular weight is 357 g/mol. The normalized spacial score (nSPS) is 21.2. The van der Waals surface area contributed by atoms with Crippen molar-refractivity contribution in [1.29, 1.82) is 5.41 Å². The number of hydrogen-bond acceptors (Lipinski definition) is 4. The number of carbonyl (C=O) groups is 2. The molecule has 2 fully saturated rings. The van der Waals surface area contributed by atoms with Crippen LogP contribution in [0.3, 0.4) is 0 Å². The molecule has 0 aromatic heterocycles. The first-order valence-electron chi connectivity index (χ1n) is 9.13. The predicted molar refractivity (Wildman–Crippen MR) is 100 cm³/mol. The molecular formula is C19H27N5O2. The van der Waals surface area contributed by atoms with Crippen LogP contribution in [0.15, 0.2) is 24.3 Å². The van der Waals surface area contributed by atoms with Crippen LogP contribution in [0.1, 0.15) is 24.0 Å². The third-order valence-corrected chi connectivity index (χ3v) is 4.99. The number of carbonyl (C=O) groups excluding carboxylic acids is 2. The summed E-state index contributed by atoms with van der Waals surface area (Å²) in [4.78, 5) is 30.7. The van der Waals surface area contributed by atoms with Gasteiger partial charge in [-0.1, -0.05) is 29.8 Å². The molecule has 0 spiro atoms. The summed E-state index contributed by atoms with van der Waals surface area (Å²) in [5.41, 5.74) is 2.16. The summed E-state index contributed by atoms with van der Waals surface area (Å²) in [5, 5.41) is 11.1. The minimum atomic E-state index is -0.627. The van der Waals surface area contributed by atoms with Gasteiger partial charge in [-0.3, -0.25) is 20.0 Å². The number of likely N-dealkylation sites (tertiary alicyclic amines) is 1. The van der Waals surface area contributed by atoms with Crippen LogP contribution < -0.4 is 5.32 Å². The third-order valence-electron chi connectivity index (χ3n) is 4.99. The highest BCUT2D eigenvalue weighted by Gasteiger charge is 2.40. The zero-order chi connectivity index (χ0) is 18.7. The van der Waals surface area contributed by atoms with E-state index in [2.05, 4.69) is 5.32 Å². The van der Waals surface area contributed by atoms with Crippen molar-refractivity contribution < 1.29 is 9.59 Å². The number of rotatable bonds is 3. The maximum absolute atomic E-state index is 12.9. The molecule has 140 valence electrons. The van der Waals surface area contributed by atoms with Crippen molar-refractivity contribution in [1.82, 2.24) is 20.0 Å². The van der Waals surface area contributed by atoms with Gasteiger partial charge in [-0.15, -0.1) is 0 Å². The molecule has 0 radical (unpaired) electrons. The molecule has 0 aliphatic carbocycles. The summed E-state index contributed by atoms with van der Waals surface area (Å²) < 4.78 is 0. The summed E-state index contributed by atoms with van der Waals surface area (Å²) in [6.07, 6.45) is 2.01. The first-order chi connectivity index (χ1) is 12.5. The van der Waals surface area contributed by atoms with Crippen LogP contribution in [0.2, 0.25) is 0 Å². The van der Waals surface area contributed by atoms with E-state index in [0.29, 0.717) is 19.6 Å². The monoisotopic (exact) mass is 357 g/mol. The van der Waals surface area contributed by atoms with Crippen molar-refractivity contribution in [2.75, 3.05) is 33.2 Å². The van der Waals surface area contributed by atoms with Crippen molar-refractivity contribution >= 4 is 17.8 Å². The fourth-order valence-corrected chi connectivity index (χ4v) is 3.53. The number of amides is 3. The van der Waals surface area contributed by atoms with Gasteiger partial charge in [0.05, 0.1) is 6.54 Å². The number of nitrogens with one attached hydrogen (secondary N) is 2. The first-order valence-corrected chi connectivity index (χ1v) is 9.13. The molecule has 7 nitrogen and oxygen atoms in total. The fourth-order valence-electron chi connectivity index (χ4n) is 3.53. The molecular weight excluding hydrogens is 330 g/mol. The molecule has 2 heterocycles. The number of nitrogens with zero attached hydrogens (tertiary/aromatic N) is 3. The quantitative estimate of drug-likeness (QED) is 0.859. The van der Waals surface area contributed by atoms with Gasteiger partial charge in [0.1, 0.15) is 11.9 Å². The van der Waals surface area contributed by atoms with Gasteiger partial charge in [-0.25, -0.2) is 4.79 Å². The topological polar surface area (TPSA) is 79.7 Å². The smallest absolute Gasteiger partial charge is 0.323 e. The van der Waals surface area contributed by atoms with Gasteiger partial charge in [0.2, 0.25) is 5.91 Å². The van der Waals surface area contributed by atoms with Crippen LogP contribution in [0.4, 0.5) is 4.79 Å². The summed E-state index contributed by atoms with van der Waals surface area (Å²) in [5.74, 6) is 0.113. The lowest BCUT2D eigenvalue weighted by Crippen LogP contribution is -2.64. The number of likely N-dealkylation sites (N-methyl/N-ethyl adjacent to an activating group) is 1. The number of aryl methyl sites for hydroxylation is 1. The van der Waals surface area contributed by atoms with E-state index in [1.807, 2.05) is 48.0 Å². The number of hydrogen-bond donors (Lipinski definition) is 2. The van der Waals surface area contributed by atoms with Crippen LogP contribution in [0.25, 0.3) is 0 Å². The minimum absolute atomic E-state index is 0.0516. The van der Waals surface area contributed by atoms with Crippen molar-refractivity contribution in [3.05, 3.63) is 35.4 Å². The molecule has 1 aromatic carbocycles. The van der Waals surface area contributed by atoms with Crippen LogP contribution in [-0.4, -0.2) is 71.7 Å². The first kappa shape index (κ1) is 18.4. The standard InChI is InChI=1S/C19H27N5O2/c1-14-5-7-15(8-6-14)11-21-19(26)24-16(12-22(2)13-17(24)20)18(25)23-9-3-4-10-23/h5-8,16,20H,3-4,9-13H2,1-2H3,(H,21,26). The average Bonchev–Trinajstić information content (AvgIpc) is 3.14. The van der Waals surface area contributed by atoms with E-state index in [0.717, 1.165) is 37.1 Å². The van der Waals surface area contributed by atoms with Crippen molar-refractivity contribution in [3.8, 4) is 0 Å². The van der Waals surface area contributed by atoms with Crippen LogP contribution in [0.5, 0.6) is 0 Å². The highest BCUT2D eigenvalue weighted by Crippen LogP contribution is 2.17. The highest BCUT2D eigenvalue weighted by molar-refractivity contribution is 6.02. The molecule has 1 aromatic rings. The lowest BCUT2D eigenvalue weighted by Gasteiger charge is -2.40. The van der Waals surface area contributed by atoms with Gasteiger partial charge in [-0.05, 0) is 32.4 Å². The van der Waals surface area contributed by atoms with Crippen LogP contribution in [0, 0.1) is 12.3 Å². The Hall–Kier alpha value is -2.41. The summed E-state index contributed by atoms with van der Waals surface area (Å²) in [7, 11) is 1.88. The summed E-state index contributed by atoms with van der Waals surface area (Å²) in [6.45, 7) is 4.69. The second kappa shape index (κ2) is 7.86. The van der Waals surface area contributed by atoms with Crippen LogP contribution >= 0.6 is 0 Å². The Labute approximate surface area is 154 Å². The van der Waals surface area contributed by atoms with Gasteiger partial charge < -0.3 is 10.2 Å². The lowest BCUT2D eigenvalue weighted by molar-refractivity contribution is -0.134. The molecule has 3 amide bonds. The number of amidine groups is 1. The van der Waals surface area contributed by atoms with Crippen molar-refractivity contribution in [2.24, 2.45) is 0 Å². The van der Waals surface area contributed by atoms with Crippen LogP contribution in [-0.2, 0) is 11.3 Å². The molecule has 7 heteroatoms. The van der Waals surface area contributed by atoms with E-state index in [-0.39, 0.29) is 17.8 Å². The van der Waals surface area contributed by atoms with E-state index >= 15 is 0 Å². The summed E-state index contributed by atoms with van der Waals surface area (Å²) in [6, 6.07) is 6.94. The molecule has 2 N–H and O–H groups in total. The van der Waals surface area contributed by atoms with E-state index in [1.165, 1.54) is 4.90 Å². The zero-order valence-electron chi connectivity index (χ0n) is 15.5. The van der Waals surface area contributed by atoms with Crippen molar-refractivity contribution in [3.63, 3.8) is 0 Å². The van der Waals surface area contributed by atoms with Gasteiger partial charge in [0, 0.05) is 26.2 Å². The molecule has 1 atom stereocenters. The molecule has 26 heavy (non-hydrogen) atoms. The van der Waals surface area contributed by atoms with Gasteiger partial charge in [-0.2, -0.15) is 0 Å². The molecule has 0 saturated carbocycles. The van der Waals surface area contributed by atoms with Crippen molar-refractivity contribution in [2.45, 2.75) is 32.4 Å². The Morgan fingerprint density at radius 2 is 1.85 bits per heavy atom. The predicted octanol–water partition coefficient (Wildman–Crippen LogP) is 1.42. The Balaban J connectivity index is 1.70.